The lowest BCUT2D eigenvalue weighted by molar-refractivity contribution is -0.138. The molecule has 0 atom stereocenters. The highest BCUT2D eigenvalue weighted by Gasteiger charge is 2.32. The Hall–Kier alpha value is -2.75. The molecule has 0 aromatic carbocycles. The number of hydrogen-bond acceptors (Lipinski definition) is 5. The van der Waals surface area contributed by atoms with Crippen LogP contribution in [0.25, 0.3) is 0 Å². The smallest absolute Gasteiger partial charge is 0.315 e. The normalized spacial score (nSPS) is 15.9. The molecule has 2 aromatic heterocycles. The van der Waals surface area contributed by atoms with Crippen molar-refractivity contribution in [3.05, 3.63) is 58.6 Å². The number of alkyl halides is 3. The van der Waals surface area contributed by atoms with Crippen molar-refractivity contribution in [2.75, 3.05) is 24.5 Å². The highest BCUT2D eigenvalue weighted by molar-refractivity contribution is 5.93. The van der Waals surface area contributed by atoms with E-state index in [9.17, 15) is 22.8 Å². The number of aromatic nitrogens is 3. The van der Waals surface area contributed by atoms with Crippen LogP contribution in [0, 0.1) is 6.42 Å². The Labute approximate surface area is 159 Å². The molecular formula is C18H19F3N5O2. The molecule has 10 heteroatoms. The van der Waals surface area contributed by atoms with Gasteiger partial charge in [-0.05, 0) is 12.5 Å². The minimum Gasteiger partial charge on any atom is -0.315 e. The Kier molecular flexibility index (Phi) is 5.78. The van der Waals surface area contributed by atoms with E-state index >= 15 is 0 Å². The Balaban J connectivity index is 1.67. The third-order valence-electron chi connectivity index (χ3n) is 4.38. The van der Waals surface area contributed by atoms with E-state index in [1.807, 2.05) is 18.2 Å². The van der Waals surface area contributed by atoms with Gasteiger partial charge in [-0.2, -0.15) is 13.2 Å². The molecule has 0 N–H and O–H groups in total. The minimum absolute atomic E-state index is 0.0264. The van der Waals surface area contributed by atoms with Crippen LogP contribution in [0.1, 0.15) is 18.1 Å². The largest absolute Gasteiger partial charge is 0.419 e. The van der Waals surface area contributed by atoms with Gasteiger partial charge in [-0.25, -0.2) is 9.97 Å². The van der Waals surface area contributed by atoms with Gasteiger partial charge < -0.3 is 4.57 Å². The Morgan fingerprint density at radius 1 is 1.18 bits per heavy atom. The second-order valence-electron chi connectivity index (χ2n) is 6.42. The van der Waals surface area contributed by atoms with E-state index in [1.54, 1.807) is 22.9 Å². The molecular weight excluding hydrogens is 375 g/mol. The molecule has 0 saturated carbocycles. The summed E-state index contributed by atoms with van der Waals surface area (Å²) in [5.41, 5.74) is -0.495. The summed E-state index contributed by atoms with van der Waals surface area (Å²) < 4.78 is 39.4. The maximum absolute atomic E-state index is 12.6. The second-order valence-corrected chi connectivity index (χ2v) is 6.42. The molecule has 2 aromatic rings. The van der Waals surface area contributed by atoms with Crippen LogP contribution < -0.4 is 10.5 Å². The first kappa shape index (κ1) is 20.0. The molecule has 1 aliphatic heterocycles. The number of anilines is 1. The fourth-order valence-corrected chi connectivity index (χ4v) is 2.96. The lowest BCUT2D eigenvalue weighted by Gasteiger charge is -2.32. The number of carbonyl (C=O) groups excluding carboxylic acids is 1. The Bertz CT molecular complexity index is 895. The molecule has 1 radical (unpaired) electrons. The van der Waals surface area contributed by atoms with E-state index in [0.717, 1.165) is 0 Å². The summed E-state index contributed by atoms with van der Waals surface area (Å²) >= 11 is 0. The zero-order valence-corrected chi connectivity index (χ0v) is 15.2. The molecule has 0 unspecified atom stereocenters. The maximum atomic E-state index is 12.6. The highest BCUT2D eigenvalue weighted by atomic mass is 19.4. The van der Waals surface area contributed by atoms with Crippen LogP contribution in [0.4, 0.5) is 19.1 Å². The molecule has 0 spiro atoms. The van der Waals surface area contributed by atoms with Crippen LogP contribution in [0.5, 0.6) is 0 Å². The van der Waals surface area contributed by atoms with Gasteiger partial charge in [-0.15, -0.1) is 0 Å². The van der Waals surface area contributed by atoms with E-state index in [-0.39, 0.29) is 30.5 Å². The number of pyridine rings is 1. The van der Waals surface area contributed by atoms with Gasteiger partial charge in [0.15, 0.2) is 0 Å². The zero-order chi connectivity index (χ0) is 20.3. The van der Waals surface area contributed by atoms with Crippen molar-refractivity contribution in [2.45, 2.75) is 26.2 Å². The van der Waals surface area contributed by atoms with Crippen LogP contribution >= 0.6 is 0 Å². The van der Waals surface area contributed by atoms with Gasteiger partial charge in [0.1, 0.15) is 0 Å². The van der Waals surface area contributed by atoms with E-state index < -0.39 is 11.7 Å². The molecule has 0 aliphatic carbocycles. The molecule has 149 valence electrons. The first-order valence-electron chi connectivity index (χ1n) is 8.67. The van der Waals surface area contributed by atoms with Gasteiger partial charge in [0.2, 0.25) is 11.9 Å². The number of halogens is 3. The topological polar surface area (TPSA) is 71.3 Å². The average molecular weight is 394 g/mol. The number of carbonyl (C=O) groups is 1. The lowest BCUT2D eigenvalue weighted by Crippen LogP contribution is -2.51. The average Bonchev–Trinajstić information content (AvgIpc) is 2.65. The van der Waals surface area contributed by atoms with Crippen LogP contribution in [-0.4, -0.2) is 45.0 Å². The molecule has 1 amide bonds. The van der Waals surface area contributed by atoms with Gasteiger partial charge in [-0.1, -0.05) is 13.0 Å². The number of hydrogen-bond donors (Lipinski definition) is 0. The standard InChI is InChI=1S/C18H19F3N5O2/c1-2-5-25-6-3-4-13(16(25)28)11-24-7-8-26(15(27)12-24)17-22-9-14(10-23-17)18(19,20)21/h2-4,6,9-10H,5,7-8,11-12H2,1H3. The second kappa shape index (κ2) is 8.09. The zero-order valence-electron chi connectivity index (χ0n) is 15.2. The molecule has 1 fully saturated rings. The molecule has 1 saturated heterocycles. The fourth-order valence-electron chi connectivity index (χ4n) is 2.96. The molecule has 3 heterocycles. The lowest BCUT2D eigenvalue weighted by atomic mass is 10.2. The Morgan fingerprint density at radius 2 is 1.89 bits per heavy atom. The number of rotatable bonds is 5. The summed E-state index contributed by atoms with van der Waals surface area (Å²) in [5, 5.41) is 0. The van der Waals surface area contributed by atoms with Crippen LogP contribution in [0.15, 0.2) is 35.5 Å². The predicted molar refractivity (Wildman–Crippen MR) is 95.3 cm³/mol. The molecule has 1 aliphatic rings. The Morgan fingerprint density at radius 3 is 2.50 bits per heavy atom. The number of nitrogens with zero attached hydrogens (tertiary/aromatic N) is 5. The van der Waals surface area contributed by atoms with Crippen molar-refractivity contribution in [3.8, 4) is 0 Å². The molecule has 3 rings (SSSR count). The fraction of sp³-hybridized carbons (Fsp3) is 0.389. The summed E-state index contributed by atoms with van der Waals surface area (Å²) in [5.74, 6) is -0.387. The first-order valence-corrected chi connectivity index (χ1v) is 8.67. The summed E-state index contributed by atoms with van der Waals surface area (Å²) in [6.07, 6.45) is 0.381. The third-order valence-corrected chi connectivity index (χ3v) is 4.38. The van der Waals surface area contributed by atoms with Crippen LogP contribution in [0.2, 0.25) is 0 Å². The summed E-state index contributed by atoms with van der Waals surface area (Å²) in [7, 11) is 0. The molecule has 7 nitrogen and oxygen atoms in total. The van der Waals surface area contributed by atoms with Crippen molar-refractivity contribution in [1.29, 1.82) is 0 Å². The predicted octanol–water partition coefficient (Wildman–Crippen LogP) is 1.73. The monoisotopic (exact) mass is 394 g/mol. The molecule has 0 bridgehead atoms. The van der Waals surface area contributed by atoms with E-state index in [0.29, 0.717) is 37.6 Å². The van der Waals surface area contributed by atoms with Gasteiger partial charge in [0.05, 0.1) is 12.1 Å². The quantitative estimate of drug-likeness (QED) is 0.773. The van der Waals surface area contributed by atoms with E-state index in [4.69, 9.17) is 0 Å². The van der Waals surface area contributed by atoms with Crippen molar-refractivity contribution in [2.24, 2.45) is 0 Å². The third kappa shape index (κ3) is 4.38. The van der Waals surface area contributed by atoms with Crippen LogP contribution in [0.3, 0.4) is 0 Å². The minimum atomic E-state index is -4.53. The van der Waals surface area contributed by atoms with E-state index in [1.165, 1.54) is 4.90 Å². The summed E-state index contributed by atoms with van der Waals surface area (Å²) in [6, 6.07) is 3.51. The van der Waals surface area contributed by atoms with Crippen molar-refractivity contribution < 1.29 is 18.0 Å². The summed E-state index contributed by atoms with van der Waals surface area (Å²) in [4.78, 5) is 35.3. The molecule has 28 heavy (non-hydrogen) atoms. The van der Waals surface area contributed by atoms with Gasteiger partial charge >= 0.3 is 6.18 Å². The van der Waals surface area contributed by atoms with Crippen molar-refractivity contribution >= 4 is 11.9 Å². The van der Waals surface area contributed by atoms with E-state index in [2.05, 4.69) is 9.97 Å². The van der Waals surface area contributed by atoms with Crippen LogP contribution in [-0.2, 0) is 24.1 Å². The van der Waals surface area contributed by atoms with Crippen molar-refractivity contribution in [1.82, 2.24) is 19.4 Å². The number of piperazine rings is 1. The van der Waals surface area contributed by atoms with Gasteiger partial charge in [0.25, 0.3) is 5.56 Å². The van der Waals surface area contributed by atoms with Gasteiger partial charge in [-0.3, -0.25) is 19.4 Å². The van der Waals surface area contributed by atoms with Crippen molar-refractivity contribution in [3.63, 3.8) is 0 Å². The number of amides is 1. The maximum Gasteiger partial charge on any atom is 0.419 e. The highest BCUT2D eigenvalue weighted by Crippen LogP contribution is 2.28. The SMILES string of the molecule is C[CH]Cn1cccc(CN2CCN(c3ncc(C(F)(F)F)cn3)C(=O)C2)c1=O. The summed E-state index contributed by atoms with van der Waals surface area (Å²) in [6.45, 7) is 3.39. The first-order chi connectivity index (χ1) is 13.3. The van der Waals surface area contributed by atoms with Gasteiger partial charge in [0, 0.05) is 50.3 Å².